The number of H-pyrrole nitrogens is 1. The van der Waals surface area contributed by atoms with Gasteiger partial charge in [-0.15, -0.1) is 0 Å². The number of nitrogens with zero attached hydrogens (tertiary/aromatic N) is 5. The van der Waals surface area contributed by atoms with E-state index in [0.29, 0.717) is 35.3 Å². The molecule has 0 unspecified atom stereocenters. The molecule has 5 aliphatic rings. The molecule has 2 saturated heterocycles. The molecule has 0 bridgehead atoms. The lowest BCUT2D eigenvalue weighted by atomic mass is 9.57. The Morgan fingerprint density at radius 2 is 1.77 bits per heavy atom. The van der Waals surface area contributed by atoms with Crippen LogP contribution in [-0.4, -0.2) is 91.4 Å². The van der Waals surface area contributed by atoms with Crippen LogP contribution in [0.3, 0.4) is 0 Å². The first kappa shape index (κ1) is 42.7. The number of benzene rings is 3. The Hall–Kier alpha value is -5.22. The number of fused-ring (bicyclic) bond motifs is 2. The summed E-state index contributed by atoms with van der Waals surface area (Å²) in [6.07, 6.45) is 15.0. The van der Waals surface area contributed by atoms with Gasteiger partial charge in [0.25, 0.3) is 21.6 Å². The van der Waals surface area contributed by atoms with Crippen molar-refractivity contribution in [3.63, 3.8) is 0 Å². The Balaban J connectivity index is 0.827. The number of nitro benzene ring substituents is 1. The van der Waals surface area contributed by atoms with Crippen molar-refractivity contribution in [1.82, 2.24) is 24.5 Å². The molecule has 2 aromatic heterocycles. The van der Waals surface area contributed by atoms with Gasteiger partial charge in [-0.05, 0) is 142 Å². The summed E-state index contributed by atoms with van der Waals surface area (Å²) in [6, 6.07) is 19.0. The number of likely N-dealkylation sites (tertiary alicyclic amines) is 1. The number of halogens is 1. The molecule has 64 heavy (non-hydrogen) atoms. The summed E-state index contributed by atoms with van der Waals surface area (Å²) in [4.78, 5) is 40.2. The molecule has 4 fully saturated rings. The second-order valence-corrected chi connectivity index (χ2v) is 20.8. The summed E-state index contributed by atoms with van der Waals surface area (Å²) < 4.78 is 36.1. The van der Waals surface area contributed by atoms with Gasteiger partial charge >= 0.3 is 0 Å². The molecule has 1 spiro atoms. The van der Waals surface area contributed by atoms with E-state index in [2.05, 4.69) is 40.8 Å². The standard InChI is InChI=1S/C48H55ClN8O6S/c49-41-6-3-5-39-38(41)4-1-2-7-43(39)56-22-20-55(21-23-56)35-10-12-40(45(25-35)63-36-24-34-14-17-50-46(34)52-30-36)47(58)53-64(61,62)37-11-13-42(44(26-37)57(59)60)51-29-33-27-48(28-33)15-18-54(19-16-48)31-32-8-9-32/h3,5-6,10-14,17,24-26,30,32-33,43,51H,1-2,4,7-9,15-16,18-23,27-29,31H2,(H,50,52)(H,53,58)/t43-/m1/s1. The van der Waals surface area contributed by atoms with Crippen molar-refractivity contribution in [3.05, 3.63) is 111 Å². The molecule has 16 heteroatoms. The predicted molar refractivity (Wildman–Crippen MR) is 248 cm³/mol. The lowest BCUT2D eigenvalue weighted by molar-refractivity contribution is -0.384. The van der Waals surface area contributed by atoms with E-state index in [1.807, 2.05) is 18.2 Å². The van der Waals surface area contributed by atoms with Gasteiger partial charge < -0.3 is 24.8 Å². The largest absolute Gasteiger partial charge is 0.455 e. The number of amides is 1. The number of ether oxygens (including phenoxy) is 1. The molecule has 10 rings (SSSR count). The van der Waals surface area contributed by atoms with Crippen molar-refractivity contribution in [2.75, 3.05) is 62.6 Å². The number of carbonyl (C=O) groups excluding carboxylic acids is 1. The molecule has 0 radical (unpaired) electrons. The van der Waals surface area contributed by atoms with E-state index < -0.39 is 25.7 Å². The van der Waals surface area contributed by atoms with Crippen LogP contribution in [0.1, 0.15) is 85.3 Å². The number of pyridine rings is 1. The van der Waals surface area contributed by atoms with Gasteiger partial charge in [-0.25, -0.2) is 18.1 Å². The molecule has 4 heterocycles. The van der Waals surface area contributed by atoms with Gasteiger partial charge in [0.05, 0.1) is 21.6 Å². The number of hydrogen-bond acceptors (Lipinski definition) is 11. The van der Waals surface area contributed by atoms with Gasteiger partial charge in [0.1, 0.15) is 22.8 Å². The van der Waals surface area contributed by atoms with Crippen LogP contribution in [0.2, 0.25) is 5.02 Å². The Kier molecular flexibility index (Phi) is 11.8. The third-order valence-electron chi connectivity index (χ3n) is 14.5. The van der Waals surface area contributed by atoms with Crippen LogP contribution in [0, 0.1) is 27.4 Å². The van der Waals surface area contributed by atoms with Crippen molar-refractivity contribution in [3.8, 4) is 11.5 Å². The summed E-state index contributed by atoms with van der Waals surface area (Å²) in [7, 11) is -4.55. The van der Waals surface area contributed by atoms with E-state index in [0.717, 1.165) is 106 Å². The molecule has 3 aliphatic carbocycles. The third-order valence-corrected chi connectivity index (χ3v) is 16.1. The lowest BCUT2D eigenvalue weighted by Gasteiger charge is -2.52. The van der Waals surface area contributed by atoms with Crippen LogP contribution >= 0.6 is 11.6 Å². The van der Waals surface area contributed by atoms with Crippen LogP contribution in [0.4, 0.5) is 17.1 Å². The van der Waals surface area contributed by atoms with E-state index in [9.17, 15) is 23.3 Å². The first-order valence-electron chi connectivity index (χ1n) is 22.8. The zero-order chi connectivity index (χ0) is 44.0. The molecule has 14 nitrogen and oxygen atoms in total. The highest BCUT2D eigenvalue weighted by Gasteiger charge is 2.46. The number of aromatic nitrogens is 2. The molecule has 2 aliphatic heterocycles. The summed E-state index contributed by atoms with van der Waals surface area (Å²) >= 11 is 6.66. The predicted octanol–water partition coefficient (Wildman–Crippen LogP) is 8.94. The number of aromatic amines is 1. The molecular formula is C48H55ClN8O6S. The Morgan fingerprint density at radius 3 is 2.55 bits per heavy atom. The highest BCUT2D eigenvalue weighted by molar-refractivity contribution is 7.90. The number of carbonyl (C=O) groups is 1. The van der Waals surface area contributed by atoms with Crippen molar-refractivity contribution in [2.45, 2.75) is 75.1 Å². The summed E-state index contributed by atoms with van der Waals surface area (Å²) in [5.74, 6) is 0.866. The van der Waals surface area contributed by atoms with E-state index >= 15 is 0 Å². The monoisotopic (exact) mass is 906 g/mol. The summed E-state index contributed by atoms with van der Waals surface area (Å²) in [6.45, 7) is 7.22. The maximum atomic E-state index is 14.0. The van der Waals surface area contributed by atoms with Gasteiger partial charge in [0.2, 0.25) is 0 Å². The maximum absolute atomic E-state index is 14.0. The molecule has 2 saturated carbocycles. The lowest BCUT2D eigenvalue weighted by Crippen LogP contribution is -2.48. The van der Waals surface area contributed by atoms with Gasteiger partial charge in [0.15, 0.2) is 0 Å². The normalized spacial score (nSPS) is 20.6. The SMILES string of the molecule is O=C(NS(=O)(=O)c1ccc(NCC2CC3(CCN(CC4CC4)CC3)C2)c([N+](=O)[O-])c1)c1ccc(N2CCN([C@@H]3CCCCc4c(Cl)cccc43)CC2)cc1Oc1cnc2[nH]ccc2c1. The average molecular weight is 908 g/mol. The number of sulfonamides is 1. The maximum Gasteiger partial charge on any atom is 0.293 e. The molecular weight excluding hydrogens is 852 g/mol. The van der Waals surface area contributed by atoms with E-state index in [-0.39, 0.29) is 22.7 Å². The van der Waals surface area contributed by atoms with Crippen LogP contribution in [-0.2, 0) is 16.4 Å². The number of piperazine rings is 1. The van der Waals surface area contributed by atoms with E-state index in [1.165, 1.54) is 61.7 Å². The molecule has 336 valence electrons. The smallest absolute Gasteiger partial charge is 0.293 e. The number of piperidine rings is 1. The van der Waals surface area contributed by atoms with Gasteiger partial charge in [0, 0.05) is 79.7 Å². The Bertz CT molecular complexity index is 2670. The number of anilines is 2. The van der Waals surface area contributed by atoms with Crippen LogP contribution in [0.15, 0.2) is 84.0 Å². The van der Waals surface area contributed by atoms with Crippen molar-refractivity contribution in [2.24, 2.45) is 17.3 Å². The van der Waals surface area contributed by atoms with Crippen LogP contribution in [0.25, 0.3) is 11.0 Å². The fourth-order valence-electron chi connectivity index (χ4n) is 10.8. The van der Waals surface area contributed by atoms with E-state index in [1.54, 1.807) is 30.5 Å². The highest BCUT2D eigenvalue weighted by Crippen LogP contribution is 2.53. The minimum atomic E-state index is -4.55. The number of nitro groups is 1. The van der Waals surface area contributed by atoms with Crippen LogP contribution in [0.5, 0.6) is 11.5 Å². The van der Waals surface area contributed by atoms with Crippen molar-refractivity contribution >= 4 is 55.6 Å². The molecule has 3 aromatic carbocycles. The van der Waals surface area contributed by atoms with Crippen LogP contribution < -0.4 is 19.7 Å². The zero-order valence-electron chi connectivity index (χ0n) is 35.9. The summed E-state index contributed by atoms with van der Waals surface area (Å²) in [5, 5.41) is 17.2. The Morgan fingerprint density at radius 1 is 0.953 bits per heavy atom. The quantitative estimate of drug-likeness (QED) is 0.0587. The first-order chi connectivity index (χ1) is 31.0. The molecule has 1 atom stereocenters. The number of rotatable bonds is 13. The fourth-order valence-corrected chi connectivity index (χ4v) is 12.0. The zero-order valence-corrected chi connectivity index (χ0v) is 37.5. The van der Waals surface area contributed by atoms with Crippen molar-refractivity contribution in [1.29, 1.82) is 0 Å². The average Bonchev–Trinajstić information content (AvgIpc) is 4.03. The van der Waals surface area contributed by atoms with Gasteiger partial charge in [-0.1, -0.05) is 30.2 Å². The Labute approximate surface area is 378 Å². The third kappa shape index (κ3) is 9.04. The molecule has 3 N–H and O–H groups in total. The molecule has 1 amide bonds. The highest BCUT2D eigenvalue weighted by atomic mass is 35.5. The number of nitrogens with one attached hydrogen (secondary N) is 3. The molecule has 5 aromatic rings. The minimum absolute atomic E-state index is 0.0216. The minimum Gasteiger partial charge on any atom is -0.455 e. The number of hydrogen-bond donors (Lipinski definition) is 3. The van der Waals surface area contributed by atoms with Gasteiger partial charge in [-0.2, -0.15) is 0 Å². The van der Waals surface area contributed by atoms with Crippen molar-refractivity contribution < 1.29 is 22.9 Å². The second-order valence-electron chi connectivity index (χ2n) is 18.7. The second kappa shape index (κ2) is 17.6. The topological polar surface area (TPSA) is 166 Å². The van der Waals surface area contributed by atoms with E-state index in [4.69, 9.17) is 16.3 Å². The first-order valence-corrected chi connectivity index (χ1v) is 24.7. The fraction of sp³-hybridized carbons (Fsp3) is 0.458. The van der Waals surface area contributed by atoms with Gasteiger partial charge in [-0.3, -0.25) is 19.8 Å². The summed E-state index contributed by atoms with van der Waals surface area (Å²) in [5.41, 5.74) is 4.30.